The largest absolute Gasteiger partial charge is 0.496 e. The maximum Gasteiger partial charge on any atom is 0.338 e. The number of thiophene rings is 1. The van der Waals surface area contributed by atoms with Gasteiger partial charge in [-0.1, -0.05) is 33.3 Å². The third kappa shape index (κ3) is 4.05. The van der Waals surface area contributed by atoms with Crippen LogP contribution in [0.15, 0.2) is 61.2 Å². The number of nitrogens with zero attached hydrogens (tertiary/aromatic N) is 2. The second-order valence-corrected chi connectivity index (χ2v) is 9.61. The maximum atomic E-state index is 13.5. The van der Waals surface area contributed by atoms with Crippen LogP contribution in [0.5, 0.6) is 5.75 Å². The first-order valence-corrected chi connectivity index (χ1v) is 12.0. The van der Waals surface area contributed by atoms with E-state index < -0.39 is 12.0 Å². The lowest BCUT2D eigenvalue weighted by Crippen LogP contribution is -2.39. The van der Waals surface area contributed by atoms with Crippen molar-refractivity contribution in [3.8, 4) is 5.75 Å². The molecule has 160 valence electrons. The van der Waals surface area contributed by atoms with Crippen molar-refractivity contribution in [2.75, 3.05) is 13.7 Å². The molecule has 0 fully saturated rings. The topological polar surface area (TPSA) is 69.9 Å². The summed E-state index contributed by atoms with van der Waals surface area (Å²) in [6.07, 6.45) is 1.79. The normalized spacial score (nSPS) is 16.1. The lowest BCUT2D eigenvalue weighted by Gasteiger charge is -2.23. The summed E-state index contributed by atoms with van der Waals surface area (Å²) < 4.78 is 13.7. The number of hydrogen-bond donors (Lipinski definition) is 0. The SMILES string of the molecule is CCOC(=O)C1=C(C)N=c2s/c(=C\c3cc(Br)ccc3OC)c(=O)n2C1c1cccs1. The molecule has 0 spiro atoms. The van der Waals surface area contributed by atoms with Crippen LogP contribution < -0.4 is 19.6 Å². The van der Waals surface area contributed by atoms with Gasteiger partial charge in [-0.3, -0.25) is 9.36 Å². The van der Waals surface area contributed by atoms with Gasteiger partial charge in [-0.05, 0) is 49.6 Å². The Morgan fingerprint density at radius 3 is 2.84 bits per heavy atom. The van der Waals surface area contributed by atoms with Crippen LogP contribution in [0.25, 0.3) is 6.08 Å². The molecule has 1 unspecified atom stereocenters. The van der Waals surface area contributed by atoms with E-state index in [0.29, 0.717) is 26.4 Å². The Morgan fingerprint density at radius 2 is 2.16 bits per heavy atom. The summed E-state index contributed by atoms with van der Waals surface area (Å²) in [5.41, 5.74) is 1.52. The van der Waals surface area contributed by atoms with E-state index in [9.17, 15) is 9.59 Å². The molecule has 31 heavy (non-hydrogen) atoms. The first kappa shape index (κ1) is 21.7. The van der Waals surface area contributed by atoms with Crippen LogP contribution in [0.3, 0.4) is 0 Å². The van der Waals surface area contributed by atoms with Crippen molar-refractivity contribution < 1.29 is 14.3 Å². The van der Waals surface area contributed by atoms with Crippen LogP contribution in [0.4, 0.5) is 0 Å². The molecule has 6 nitrogen and oxygen atoms in total. The fourth-order valence-corrected chi connectivity index (χ4v) is 5.71. The number of methoxy groups -OCH3 is 1. The van der Waals surface area contributed by atoms with Crippen LogP contribution in [0.2, 0.25) is 0 Å². The zero-order valence-electron chi connectivity index (χ0n) is 17.0. The second-order valence-electron chi connectivity index (χ2n) is 6.70. The van der Waals surface area contributed by atoms with Crippen molar-refractivity contribution in [2.24, 2.45) is 4.99 Å². The first-order valence-electron chi connectivity index (χ1n) is 9.51. The molecule has 1 aliphatic heterocycles. The number of ether oxygens (including phenoxy) is 2. The fraction of sp³-hybridized carbons (Fsp3) is 0.227. The second kappa shape index (κ2) is 8.94. The number of allylic oxidation sites excluding steroid dienone is 1. The van der Waals surface area contributed by atoms with Gasteiger partial charge in [-0.25, -0.2) is 9.79 Å². The third-order valence-corrected chi connectivity index (χ3v) is 7.21. The lowest BCUT2D eigenvalue weighted by molar-refractivity contribution is -0.139. The van der Waals surface area contributed by atoms with Gasteiger partial charge in [0.15, 0.2) is 4.80 Å². The molecule has 4 rings (SSSR count). The van der Waals surface area contributed by atoms with Gasteiger partial charge in [0, 0.05) is 14.9 Å². The fourth-order valence-electron chi connectivity index (χ4n) is 3.47. The van der Waals surface area contributed by atoms with Gasteiger partial charge < -0.3 is 9.47 Å². The number of halogens is 1. The predicted molar refractivity (Wildman–Crippen MR) is 125 cm³/mol. The van der Waals surface area contributed by atoms with E-state index in [1.165, 1.54) is 22.7 Å². The predicted octanol–water partition coefficient (Wildman–Crippen LogP) is 3.63. The Kier molecular flexibility index (Phi) is 6.27. The summed E-state index contributed by atoms with van der Waals surface area (Å²) >= 11 is 6.24. The minimum Gasteiger partial charge on any atom is -0.496 e. The Bertz CT molecular complexity index is 1350. The molecule has 0 saturated heterocycles. The Balaban J connectivity index is 1.96. The van der Waals surface area contributed by atoms with E-state index in [0.717, 1.165) is 14.9 Å². The van der Waals surface area contributed by atoms with E-state index in [1.54, 1.807) is 31.6 Å². The van der Waals surface area contributed by atoms with Crippen molar-refractivity contribution in [2.45, 2.75) is 19.9 Å². The molecule has 3 aromatic rings. The maximum absolute atomic E-state index is 13.5. The van der Waals surface area contributed by atoms with Crippen molar-refractivity contribution in [1.29, 1.82) is 0 Å². The van der Waals surface area contributed by atoms with Crippen LogP contribution >= 0.6 is 38.6 Å². The summed E-state index contributed by atoms with van der Waals surface area (Å²) in [5, 5.41) is 1.93. The number of esters is 1. The minimum atomic E-state index is -0.568. The number of hydrogen-bond acceptors (Lipinski definition) is 7. The molecule has 0 N–H and O–H groups in total. The Labute approximate surface area is 194 Å². The van der Waals surface area contributed by atoms with E-state index in [2.05, 4.69) is 20.9 Å². The molecule has 1 aliphatic rings. The van der Waals surface area contributed by atoms with Gasteiger partial charge in [0.05, 0.1) is 29.5 Å². The quantitative estimate of drug-likeness (QED) is 0.483. The van der Waals surface area contributed by atoms with Crippen LogP contribution in [-0.2, 0) is 9.53 Å². The average molecular weight is 519 g/mol. The van der Waals surface area contributed by atoms with Gasteiger partial charge in [0.1, 0.15) is 11.8 Å². The summed E-state index contributed by atoms with van der Waals surface area (Å²) in [7, 11) is 1.59. The summed E-state index contributed by atoms with van der Waals surface area (Å²) in [6, 6.07) is 8.86. The summed E-state index contributed by atoms with van der Waals surface area (Å²) in [5.74, 6) is 0.206. The number of fused-ring (bicyclic) bond motifs is 1. The molecule has 0 radical (unpaired) electrons. The molecular formula is C22H19BrN2O4S2. The Hall–Kier alpha value is -2.49. The molecule has 9 heteroatoms. The van der Waals surface area contributed by atoms with Crippen molar-refractivity contribution in [3.63, 3.8) is 0 Å². The van der Waals surface area contributed by atoms with Gasteiger partial charge in [0.2, 0.25) is 0 Å². The standard InChI is InChI=1S/C22H19BrN2O4S2/c1-4-29-21(27)18-12(2)24-22-25(19(18)16-6-5-9-30-16)20(26)17(31-22)11-13-10-14(23)7-8-15(13)28-3/h5-11,19H,4H2,1-3H3/b17-11-. The average Bonchev–Trinajstić information content (AvgIpc) is 3.36. The van der Waals surface area contributed by atoms with E-state index in [-0.39, 0.29) is 12.2 Å². The highest BCUT2D eigenvalue weighted by molar-refractivity contribution is 9.10. The number of benzene rings is 1. The van der Waals surface area contributed by atoms with Crippen LogP contribution in [0.1, 0.15) is 30.3 Å². The Morgan fingerprint density at radius 1 is 1.35 bits per heavy atom. The highest BCUT2D eigenvalue weighted by Crippen LogP contribution is 2.33. The molecule has 1 atom stereocenters. The van der Waals surface area contributed by atoms with Crippen LogP contribution in [0, 0.1) is 0 Å². The van der Waals surface area contributed by atoms with Crippen molar-refractivity contribution >= 4 is 50.6 Å². The highest BCUT2D eigenvalue weighted by Gasteiger charge is 2.33. The van der Waals surface area contributed by atoms with Crippen molar-refractivity contribution in [3.05, 3.63) is 81.6 Å². The molecular weight excluding hydrogens is 500 g/mol. The summed E-state index contributed by atoms with van der Waals surface area (Å²) in [6.45, 7) is 3.79. The van der Waals surface area contributed by atoms with Gasteiger partial charge >= 0.3 is 5.97 Å². The smallest absolute Gasteiger partial charge is 0.338 e. The van der Waals surface area contributed by atoms with Gasteiger partial charge in [0.25, 0.3) is 5.56 Å². The molecule has 0 aliphatic carbocycles. The molecule has 0 amide bonds. The molecule has 1 aromatic carbocycles. The molecule has 0 bridgehead atoms. The monoisotopic (exact) mass is 518 g/mol. The molecule has 0 saturated carbocycles. The minimum absolute atomic E-state index is 0.210. The number of carbonyl (C=O) groups is 1. The third-order valence-electron chi connectivity index (χ3n) is 4.81. The van der Waals surface area contributed by atoms with Crippen molar-refractivity contribution in [1.82, 2.24) is 4.57 Å². The van der Waals surface area contributed by atoms with E-state index >= 15 is 0 Å². The van der Waals surface area contributed by atoms with Crippen LogP contribution in [-0.4, -0.2) is 24.3 Å². The zero-order valence-corrected chi connectivity index (χ0v) is 20.3. The summed E-state index contributed by atoms with van der Waals surface area (Å²) in [4.78, 5) is 32.3. The van der Waals surface area contributed by atoms with E-state index in [4.69, 9.17) is 9.47 Å². The number of thiazole rings is 1. The lowest BCUT2D eigenvalue weighted by atomic mass is 10.0. The molecule has 2 aromatic heterocycles. The zero-order chi connectivity index (χ0) is 22.1. The number of aromatic nitrogens is 1. The van der Waals surface area contributed by atoms with E-state index in [1.807, 2.05) is 35.7 Å². The highest BCUT2D eigenvalue weighted by atomic mass is 79.9. The first-order chi connectivity index (χ1) is 14.9. The van der Waals surface area contributed by atoms with Gasteiger partial charge in [-0.2, -0.15) is 0 Å². The molecule has 3 heterocycles. The number of rotatable bonds is 5. The van der Waals surface area contributed by atoms with Gasteiger partial charge in [-0.15, -0.1) is 11.3 Å². The number of carbonyl (C=O) groups excluding carboxylic acids is 1.